The van der Waals surface area contributed by atoms with Crippen LogP contribution in [0.4, 0.5) is 0 Å². The second-order valence-corrected chi connectivity index (χ2v) is 11.7. The molecular formula is C41H65NO11. The van der Waals surface area contributed by atoms with Crippen molar-refractivity contribution in [1.29, 1.82) is 0 Å². The van der Waals surface area contributed by atoms with Crippen molar-refractivity contribution in [3.8, 4) is 0 Å². The second kappa shape index (κ2) is 47.3. The van der Waals surface area contributed by atoms with Crippen LogP contribution in [0, 0.1) is 7.43 Å². The molecule has 12 heteroatoms. The van der Waals surface area contributed by atoms with Gasteiger partial charge in [-0.2, -0.15) is 0 Å². The van der Waals surface area contributed by atoms with Gasteiger partial charge in [0.05, 0.1) is 30.1 Å². The summed E-state index contributed by atoms with van der Waals surface area (Å²) >= 11 is 0. The van der Waals surface area contributed by atoms with Gasteiger partial charge in [0.15, 0.2) is 0 Å². The normalized spacial score (nSPS) is 8.58. The van der Waals surface area contributed by atoms with Crippen LogP contribution in [0.1, 0.15) is 138 Å². The van der Waals surface area contributed by atoms with Crippen LogP contribution in [0.25, 0.3) is 0 Å². The Bertz CT molecular complexity index is 961. The van der Waals surface area contributed by atoms with Gasteiger partial charge in [0.25, 0.3) is 0 Å². The average Bonchev–Trinajstić information content (AvgIpc) is 3.04. The number of amides is 1. The van der Waals surface area contributed by atoms with E-state index in [0.717, 1.165) is 19.2 Å². The number of ether oxygens (including phenoxy) is 1. The van der Waals surface area contributed by atoms with E-state index in [0.29, 0.717) is 5.57 Å². The van der Waals surface area contributed by atoms with Crippen LogP contribution in [0.15, 0.2) is 73.6 Å². The Morgan fingerprint density at radius 3 is 0.868 bits per heavy atom. The summed E-state index contributed by atoms with van der Waals surface area (Å²) in [6.07, 6.45) is 20.2. The first-order valence-corrected chi connectivity index (χ1v) is 17.2. The number of hydrogen-bond donors (Lipinski definition) is 1. The zero-order valence-electron chi connectivity index (χ0n) is 33.4. The molecule has 0 rings (SSSR count). The van der Waals surface area contributed by atoms with Gasteiger partial charge in [-0.3, -0.25) is 9.59 Å². The van der Waals surface area contributed by atoms with E-state index in [1.54, 1.807) is 6.92 Å². The van der Waals surface area contributed by atoms with Crippen molar-refractivity contribution in [1.82, 2.24) is 5.32 Å². The van der Waals surface area contributed by atoms with Gasteiger partial charge < -0.3 is 49.7 Å². The largest absolute Gasteiger partial charge is 4.00 e. The summed E-state index contributed by atoms with van der Waals surface area (Å²) in [4.78, 5) is 59.0. The summed E-state index contributed by atoms with van der Waals surface area (Å²) in [5.41, 5.74) is 0.861. The molecule has 300 valence electrons. The number of unbranched alkanes of at least 4 members (excludes halogenated alkanes) is 13. The third-order valence-electron chi connectivity index (χ3n) is 5.85. The Morgan fingerprint density at radius 1 is 0.491 bits per heavy atom. The molecule has 0 saturated carbocycles. The number of rotatable bonds is 21. The first-order chi connectivity index (χ1) is 24.0. The number of carboxylic acids is 4. The minimum absolute atomic E-state index is 0. The zero-order chi connectivity index (χ0) is 42.1. The molecule has 0 aromatic heterocycles. The Kier molecular flexibility index (Phi) is 56.5. The molecule has 0 unspecified atom stereocenters. The van der Waals surface area contributed by atoms with Crippen molar-refractivity contribution < 1.29 is 53.9 Å². The fourth-order valence-corrected chi connectivity index (χ4v) is 2.79. The molecule has 12 nitrogen and oxygen atoms in total. The Morgan fingerprint density at radius 2 is 0.717 bits per heavy atom. The van der Waals surface area contributed by atoms with E-state index in [1.807, 2.05) is 0 Å². The molecule has 0 aliphatic rings. The van der Waals surface area contributed by atoms with Gasteiger partial charge in [0.2, 0.25) is 5.91 Å². The Balaban J connectivity index is -0.000000111. The summed E-state index contributed by atoms with van der Waals surface area (Å²) in [7, 11) is 0. The number of esters is 1. The Hall–Kier alpha value is -4.74. The maximum absolute atomic E-state index is 11.3. The molecular weight excluding hydrogens is 682 g/mol. The van der Waals surface area contributed by atoms with E-state index in [1.165, 1.54) is 118 Å². The van der Waals surface area contributed by atoms with Crippen molar-refractivity contribution in [2.45, 2.75) is 138 Å². The summed E-state index contributed by atoms with van der Waals surface area (Å²) in [5.74, 6) is -5.07. The van der Waals surface area contributed by atoms with Crippen molar-refractivity contribution in [2.75, 3.05) is 6.54 Å². The van der Waals surface area contributed by atoms with Crippen molar-refractivity contribution in [2.24, 2.45) is 0 Å². The topological polar surface area (TPSA) is 216 Å². The fraction of sp³-hybridized carbons (Fsp3) is 0.537. The van der Waals surface area contributed by atoms with E-state index in [4.69, 9.17) is 0 Å². The van der Waals surface area contributed by atoms with Crippen molar-refractivity contribution in [3.63, 3.8) is 0 Å². The molecule has 0 saturated heterocycles. The van der Waals surface area contributed by atoms with Gasteiger partial charge >= 0.3 is 13.4 Å². The molecule has 0 aromatic carbocycles. The summed E-state index contributed by atoms with van der Waals surface area (Å²) in [6.45, 7) is 30.8. The molecule has 0 spiro atoms. The van der Waals surface area contributed by atoms with Gasteiger partial charge in [-0.15, -0.1) is 0 Å². The fourth-order valence-electron chi connectivity index (χ4n) is 2.79. The maximum Gasteiger partial charge on any atom is 4.00 e. The molecule has 0 atom stereocenters. The molecule has 0 fully saturated rings. The van der Waals surface area contributed by atoms with Crippen molar-refractivity contribution >= 4 is 35.8 Å². The molecule has 53 heavy (non-hydrogen) atoms. The predicted molar refractivity (Wildman–Crippen MR) is 203 cm³/mol. The zero-order valence-corrected chi connectivity index (χ0v) is 33.4. The molecule has 0 aromatic rings. The molecule has 0 bridgehead atoms. The quantitative estimate of drug-likeness (QED) is 0.0760. The molecule has 0 heterocycles. The molecule has 1 amide bonds. The molecule has 1 N–H and O–H groups in total. The third-order valence-corrected chi connectivity index (χ3v) is 5.85. The minimum atomic E-state index is -1.19. The minimum Gasteiger partial charge on any atom is -0.545 e. The van der Waals surface area contributed by atoms with Gasteiger partial charge in [-0.25, -0.2) is 0 Å². The first kappa shape index (κ1) is 63.3. The molecule has 0 aliphatic heterocycles. The monoisotopic (exact) mass is 747 g/mol. The van der Waals surface area contributed by atoms with Gasteiger partial charge in [0.1, 0.15) is 0 Å². The Labute approximate surface area is 320 Å². The van der Waals surface area contributed by atoms with Crippen LogP contribution >= 0.6 is 0 Å². The van der Waals surface area contributed by atoms with Crippen LogP contribution in [0.3, 0.4) is 0 Å². The van der Waals surface area contributed by atoms with Crippen molar-refractivity contribution in [3.05, 3.63) is 81.0 Å². The number of carboxylic acid groups (broad SMARTS) is 4. The number of nitrogens with one attached hydrogen (secondary N) is 1. The average molecular weight is 748 g/mol. The first-order valence-electron chi connectivity index (χ1n) is 17.2. The number of carbonyl (C=O) groups excluding carboxylic acids is 6. The molecule has 0 radical (unpaired) electrons. The van der Waals surface area contributed by atoms with E-state index in [2.05, 4.69) is 56.5 Å². The van der Waals surface area contributed by atoms with E-state index in [9.17, 15) is 49.2 Å². The predicted octanol–water partition coefficient (Wildman–Crippen LogP) is 4.18. The van der Waals surface area contributed by atoms with Crippen LogP contribution in [0.2, 0.25) is 0 Å². The standard InChI is InChI=1S/C20H39NO.5C4H6O2.C/c1-4-5-6-7-8-9-10-11-12-13-14-15-16-17-18-21-20(22)19(2)3;1-3-6-4(2)5;4*1-3(2)4(5)6;/h2,4-18H2,1,3H3,(H,21,22);3H,1H2,2H3;4*1H2,2H3,(H,5,6);/q;;;;;;+4/p-4. The van der Waals surface area contributed by atoms with Crippen LogP contribution in [0.5, 0.6) is 0 Å². The SMILES string of the molecule is C=C(C)C(=O)NCCCCCCCCCCCCCCCC.C=C(C)C(=O)[O-].C=C(C)C(=O)[O-].C=C(C)C(=O)[O-].C=C(C)C(=O)[O-].C=COC(C)=O.[C+4]. The smallest absolute Gasteiger partial charge is 0.545 e. The van der Waals surface area contributed by atoms with Gasteiger partial charge in [-0.1, -0.05) is 130 Å². The maximum atomic E-state index is 11.3. The summed E-state index contributed by atoms with van der Waals surface area (Å²) in [6, 6.07) is 0. The van der Waals surface area contributed by atoms with Crippen LogP contribution < -0.4 is 25.7 Å². The van der Waals surface area contributed by atoms with Crippen LogP contribution in [-0.2, 0) is 33.5 Å². The number of hydrogen-bond acceptors (Lipinski definition) is 11. The third kappa shape index (κ3) is 77.9. The van der Waals surface area contributed by atoms with Gasteiger partial charge in [-0.05, 0) is 63.3 Å². The van der Waals surface area contributed by atoms with E-state index in [-0.39, 0.29) is 41.6 Å². The molecule has 0 aliphatic carbocycles. The summed E-state index contributed by atoms with van der Waals surface area (Å²) < 4.78 is 4.17. The summed E-state index contributed by atoms with van der Waals surface area (Å²) in [5, 5.41) is 40.8. The van der Waals surface area contributed by atoms with E-state index < -0.39 is 23.9 Å². The van der Waals surface area contributed by atoms with Crippen LogP contribution in [-0.4, -0.2) is 42.3 Å². The second-order valence-electron chi connectivity index (χ2n) is 11.7. The number of aliphatic carboxylic acids is 4. The van der Waals surface area contributed by atoms with Gasteiger partial charge in [0, 0.05) is 19.0 Å². The number of carbonyl (C=O) groups is 6. The van der Waals surface area contributed by atoms with E-state index >= 15 is 0 Å².